The van der Waals surface area contributed by atoms with Crippen LogP contribution in [0.3, 0.4) is 0 Å². The van der Waals surface area contributed by atoms with Crippen molar-refractivity contribution in [2.24, 2.45) is 0 Å². The molecule has 3 aliphatic rings. The molecule has 3 heterocycles. The number of aromatic nitrogens is 1. The van der Waals surface area contributed by atoms with Crippen molar-refractivity contribution in [3.63, 3.8) is 0 Å². The third kappa shape index (κ3) is 3.09. The van der Waals surface area contributed by atoms with E-state index in [0.717, 1.165) is 58.9 Å². The smallest absolute Gasteiger partial charge is 0.319 e. The van der Waals surface area contributed by atoms with Crippen molar-refractivity contribution in [1.29, 1.82) is 0 Å². The molecule has 30 heavy (non-hydrogen) atoms. The van der Waals surface area contributed by atoms with Gasteiger partial charge in [0, 0.05) is 24.4 Å². The van der Waals surface area contributed by atoms with E-state index >= 15 is 0 Å². The number of aryl methyl sites for hydroxylation is 1. The zero-order valence-corrected chi connectivity index (χ0v) is 17.6. The summed E-state index contributed by atoms with van der Waals surface area (Å²) in [4.78, 5) is 47.4. The van der Waals surface area contributed by atoms with Gasteiger partial charge in [0.1, 0.15) is 12.1 Å². The number of urea groups is 1. The molecule has 156 valence electrons. The summed E-state index contributed by atoms with van der Waals surface area (Å²) in [5, 5.41) is 6.17. The maximum Gasteiger partial charge on any atom is 0.325 e. The summed E-state index contributed by atoms with van der Waals surface area (Å²) in [6, 6.07) is 7.19. The number of nitrogens with zero attached hydrogens (tertiary/aromatic N) is 3. The van der Waals surface area contributed by atoms with E-state index < -0.39 is 17.5 Å². The molecule has 0 bridgehead atoms. The summed E-state index contributed by atoms with van der Waals surface area (Å²) in [5.74, 6) is -0.769. The summed E-state index contributed by atoms with van der Waals surface area (Å²) in [6.07, 6.45) is 3.08. The molecule has 1 spiro atoms. The first-order valence-electron chi connectivity index (χ1n) is 10.2. The van der Waals surface area contributed by atoms with E-state index in [1.165, 1.54) is 11.3 Å². The van der Waals surface area contributed by atoms with Crippen molar-refractivity contribution in [2.75, 3.05) is 25.5 Å². The molecular formula is C21H23N5O3S. The van der Waals surface area contributed by atoms with Gasteiger partial charge < -0.3 is 15.5 Å². The van der Waals surface area contributed by atoms with E-state index in [-0.39, 0.29) is 12.5 Å². The predicted octanol–water partition coefficient (Wildman–Crippen LogP) is 1.85. The number of nitrogens with one attached hydrogen (secondary N) is 2. The number of anilines is 1. The second kappa shape index (κ2) is 7.17. The third-order valence-electron chi connectivity index (χ3n) is 6.12. The lowest BCUT2D eigenvalue weighted by molar-refractivity contribution is -0.134. The van der Waals surface area contributed by atoms with Gasteiger partial charge in [-0.1, -0.05) is 24.3 Å². The van der Waals surface area contributed by atoms with Gasteiger partial charge in [-0.25, -0.2) is 9.78 Å². The molecule has 0 saturated carbocycles. The van der Waals surface area contributed by atoms with Crippen molar-refractivity contribution < 1.29 is 14.4 Å². The number of hydrogen-bond acceptors (Lipinski definition) is 6. The van der Waals surface area contributed by atoms with E-state index in [1.807, 2.05) is 24.3 Å². The Kier molecular flexibility index (Phi) is 4.59. The summed E-state index contributed by atoms with van der Waals surface area (Å²) in [7, 11) is 2.05. The first-order valence-corrected chi connectivity index (χ1v) is 11.0. The van der Waals surface area contributed by atoms with Crippen LogP contribution < -0.4 is 10.6 Å². The van der Waals surface area contributed by atoms with Crippen LogP contribution in [0.1, 0.15) is 34.5 Å². The van der Waals surface area contributed by atoms with Crippen molar-refractivity contribution >= 4 is 34.3 Å². The van der Waals surface area contributed by atoms with Crippen LogP contribution in [0.2, 0.25) is 0 Å². The number of thiazole rings is 1. The molecule has 1 atom stereocenters. The Morgan fingerprint density at radius 3 is 3.00 bits per heavy atom. The standard InChI is InChI=1S/C21H23N5O3S/c1-25-10-8-15-16(11-25)30-19(22-15)23-17(27)12-26-18(28)21(24-20(26)29)9-4-6-13-5-2-3-7-14(13)21/h2-3,5,7H,4,6,8-12H2,1H3,(H,24,29)(H,22,23,27)/t21-/m0/s1. The number of carbonyl (C=O) groups is 3. The van der Waals surface area contributed by atoms with Gasteiger partial charge in [-0.05, 0) is 37.4 Å². The van der Waals surface area contributed by atoms with Crippen molar-refractivity contribution in [3.05, 3.63) is 46.0 Å². The first-order chi connectivity index (χ1) is 14.5. The summed E-state index contributed by atoms with van der Waals surface area (Å²) >= 11 is 1.45. The Hall–Kier alpha value is -2.78. The fourth-order valence-electron chi connectivity index (χ4n) is 4.63. The average Bonchev–Trinajstić information content (AvgIpc) is 3.22. The number of carbonyl (C=O) groups excluding carboxylic acids is 3. The highest BCUT2D eigenvalue weighted by atomic mass is 32.1. The lowest BCUT2D eigenvalue weighted by atomic mass is 9.76. The minimum Gasteiger partial charge on any atom is -0.319 e. The minimum absolute atomic E-state index is 0.321. The molecule has 0 radical (unpaired) electrons. The van der Waals surface area contributed by atoms with Crippen LogP contribution in [0.4, 0.5) is 9.93 Å². The quantitative estimate of drug-likeness (QED) is 0.732. The number of hydrogen-bond donors (Lipinski definition) is 2. The molecule has 1 fully saturated rings. The SMILES string of the molecule is CN1CCc2nc(NC(=O)CN3C(=O)N[C@]4(CCCc5ccccc54)C3=O)sc2C1. The fourth-order valence-corrected chi connectivity index (χ4v) is 5.74. The van der Waals surface area contributed by atoms with Gasteiger partial charge in [-0.3, -0.25) is 14.5 Å². The Morgan fingerprint density at radius 2 is 2.13 bits per heavy atom. The highest BCUT2D eigenvalue weighted by Gasteiger charge is 2.54. The van der Waals surface area contributed by atoms with Crippen LogP contribution in [0.15, 0.2) is 24.3 Å². The van der Waals surface area contributed by atoms with Gasteiger partial charge >= 0.3 is 6.03 Å². The number of fused-ring (bicyclic) bond motifs is 3. The third-order valence-corrected chi connectivity index (χ3v) is 7.12. The van der Waals surface area contributed by atoms with E-state index in [9.17, 15) is 14.4 Å². The molecule has 8 nitrogen and oxygen atoms in total. The topological polar surface area (TPSA) is 94.6 Å². The lowest BCUT2D eigenvalue weighted by Gasteiger charge is -2.33. The van der Waals surface area contributed by atoms with E-state index in [4.69, 9.17) is 0 Å². The lowest BCUT2D eigenvalue weighted by Crippen LogP contribution is -2.47. The Morgan fingerprint density at radius 1 is 1.30 bits per heavy atom. The fraction of sp³-hybridized carbons (Fsp3) is 0.429. The molecule has 5 rings (SSSR count). The molecule has 9 heteroatoms. The molecule has 2 aromatic rings. The van der Waals surface area contributed by atoms with E-state index in [0.29, 0.717) is 11.6 Å². The average molecular weight is 426 g/mol. The van der Waals surface area contributed by atoms with Gasteiger partial charge in [0.2, 0.25) is 5.91 Å². The van der Waals surface area contributed by atoms with Crippen LogP contribution in [-0.4, -0.2) is 52.8 Å². The van der Waals surface area contributed by atoms with Crippen molar-refractivity contribution in [3.8, 4) is 0 Å². The summed E-state index contributed by atoms with van der Waals surface area (Å²) in [6.45, 7) is 1.44. The Labute approximate surface area is 178 Å². The summed E-state index contributed by atoms with van der Waals surface area (Å²) < 4.78 is 0. The number of imide groups is 1. The minimum atomic E-state index is -1.06. The molecule has 4 amide bonds. The Bertz CT molecular complexity index is 1050. The molecule has 2 N–H and O–H groups in total. The molecular weight excluding hydrogens is 402 g/mol. The molecule has 1 saturated heterocycles. The molecule has 2 aliphatic heterocycles. The number of benzene rings is 1. The highest BCUT2D eigenvalue weighted by Crippen LogP contribution is 2.39. The van der Waals surface area contributed by atoms with Gasteiger partial charge in [0.25, 0.3) is 5.91 Å². The molecule has 1 aromatic carbocycles. The largest absolute Gasteiger partial charge is 0.325 e. The Balaban J connectivity index is 1.32. The van der Waals surface area contributed by atoms with Crippen LogP contribution in [0.25, 0.3) is 0 Å². The van der Waals surface area contributed by atoms with E-state index in [1.54, 1.807) is 0 Å². The molecule has 1 aromatic heterocycles. The zero-order chi connectivity index (χ0) is 20.9. The summed E-state index contributed by atoms with van der Waals surface area (Å²) in [5.41, 5.74) is 1.87. The van der Waals surface area contributed by atoms with Gasteiger partial charge in [0.05, 0.1) is 5.69 Å². The predicted molar refractivity (Wildman–Crippen MR) is 112 cm³/mol. The maximum absolute atomic E-state index is 13.3. The van der Waals surface area contributed by atoms with Crippen LogP contribution in [0.5, 0.6) is 0 Å². The van der Waals surface area contributed by atoms with Crippen molar-refractivity contribution in [1.82, 2.24) is 20.1 Å². The van der Waals surface area contributed by atoms with Crippen molar-refractivity contribution in [2.45, 2.75) is 37.8 Å². The number of amides is 4. The number of likely N-dealkylation sites (N-methyl/N-ethyl adjacent to an activating group) is 1. The van der Waals surface area contributed by atoms with Gasteiger partial charge in [-0.2, -0.15) is 0 Å². The molecule has 1 aliphatic carbocycles. The van der Waals surface area contributed by atoms with Crippen LogP contribution in [0, 0.1) is 0 Å². The second-order valence-electron chi connectivity index (χ2n) is 8.16. The number of rotatable bonds is 3. The monoisotopic (exact) mass is 425 g/mol. The molecule has 0 unspecified atom stereocenters. The van der Waals surface area contributed by atoms with Gasteiger partial charge in [-0.15, -0.1) is 11.3 Å². The zero-order valence-electron chi connectivity index (χ0n) is 16.7. The first kappa shape index (κ1) is 19.2. The van der Waals surface area contributed by atoms with Gasteiger partial charge in [0.15, 0.2) is 5.13 Å². The van der Waals surface area contributed by atoms with E-state index in [2.05, 4.69) is 27.6 Å². The normalized spacial score (nSPS) is 23.3. The maximum atomic E-state index is 13.3. The highest BCUT2D eigenvalue weighted by molar-refractivity contribution is 7.15. The van der Waals surface area contributed by atoms with Crippen LogP contribution in [-0.2, 0) is 34.5 Å². The van der Waals surface area contributed by atoms with Crippen LogP contribution >= 0.6 is 11.3 Å². The second-order valence-corrected chi connectivity index (χ2v) is 9.25.